The Balaban J connectivity index is 1.71. The number of rotatable bonds is 5. The second-order valence-corrected chi connectivity index (χ2v) is 6.33. The van der Waals surface area contributed by atoms with Crippen molar-refractivity contribution < 1.29 is 14.3 Å². The van der Waals surface area contributed by atoms with E-state index in [2.05, 4.69) is 17.0 Å². The standard InChI is InChI=1S/C17H22N2O3/c1-2-22-16(21)15-9-18(8-14-6-4-3-5-7-14)10-17(15)11-19(12-17)13-20/h3-7,13,15H,2,8-12H2,1H3. The molecule has 2 aliphatic heterocycles. The van der Waals surface area contributed by atoms with Crippen molar-refractivity contribution in [3.63, 3.8) is 0 Å². The maximum Gasteiger partial charge on any atom is 0.310 e. The fourth-order valence-electron chi connectivity index (χ4n) is 3.76. The van der Waals surface area contributed by atoms with Crippen molar-refractivity contribution >= 4 is 12.4 Å². The molecular formula is C17H22N2O3. The van der Waals surface area contributed by atoms with E-state index < -0.39 is 0 Å². The molecule has 5 heteroatoms. The molecule has 2 aliphatic rings. The zero-order valence-corrected chi connectivity index (χ0v) is 12.9. The summed E-state index contributed by atoms with van der Waals surface area (Å²) >= 11 is 0. The second-order valence-electron chi connectivity index (χ2n) is 6.33. The molecule has 2 fully saturated rings. The normalized spacial score (nSPS) is 23.3. The predicted molar refractivity (Wildman–Crippen MR) is 81.9 cm³/mol. The van der Waals surface area contributed by atoms with Gasteiger partial charge in [0.15, 0.2) is 0 Å². The van der Waals surface area contributed by atoms with E-state index in [-0.39, 0.29) is 17.3 Å². The Kier molecular flexibility index (Phi) is 4.16. The third kappa shape index (κ3) is 2.73. The van der Waals surface area contributed by atoms with Gasteiger partial charge in [-0.15, -0.1) is 0 Å². The van der Waals surface area contributed by atoms with Crippen LogP contribution in [-0.4, -0.2) is 55.0 Å². The van der Waals surface area contributed by atoms with Gasteiger partial charge >= 0.3 is 5.97 Å². The zero-order valence-electron chi connectivity index (χ0n) is 12.9. The number of amides is 1. The number of carbonyl (C=O) groups excluding carboxylic acids is 2. The number of nitrogens with zero attached hydrogens (tertiary/aromatic N) is 2. The van der Waals surface area contributed by atoms with E-state index >= 15 is 0 Å². The third-order valence-electron chi connectivity index (χ3n) is 4.72. The molecule has 2 heterocycles. The molecule has 118 valence electrons. The van der Waals surface area contributed by atoms with Gasteiger partial charge < -0.3 is 9.64 Å². The number of benzene rings is 1. The van der Waals surface area contributed by atoms with E-state index in [1.54, 1.807) is 4.90 Å². The topological polar surface area (TPSA) is 49.9 Å². The number of hydrogen-bond donors (Lipinski definition) is 0. The average Bonchev–Trinajstić information content (AvgIpc) is 2.86. The van der Waals surface area contributed by atoms with Crippen LogP contribution in [0.15, 0.2) is 30.3 Å². The first-order valence-corrected chi connectivity index (χ1v) is 7.79. The summed E-state index contributed by atoms with van der Waals surface area (Å²) in [6, 6.07) is 10.3. The Morgan fingerprint density at radius 3 is 2.68 bits per heavy atom. The molecule has 2 saturated heterocycles. The summed E-state index contributed by atoms with van der Waals surface area (Å²) in [4.78, 5) is 27.2. The Labute approximate surface area is 130 Å². The van der Waals surface area contributed by atoms with Gasteiger partial charge in [0, 0.05) is 38.1 Å². The van der Waals surface area contributed by atoms with Gasteiger partial charge in [-0.3, -0.25) is 14.5 Å². The highest BCUT2D eigenvalue weighted by Crippen LogP contribution is 2.44. The molecule has 0 bridgehead atoms. The Morgan fingerprint density at radius 2 is 2.05 bits per heavy atom. The number of esters is 1. The molecule has 0 radical (unpaired) electrons. The average molecular weight is 302 g/mol. The lowest BCUT2D eigenvalue weighted by atomic mass is 9.72. The van der Waals surface area contributed by atoms with Crippen molar-refractivity contribution in [3.8, 4) is 0 Å². The third-order valence-corrected chi connectivity index (χ3v) is 4.72. The predicted octanol–water partition coefficient (Wildman–Crippen LogP) is 1.14. The summed E-state index contributed by atoms with van der Waals surface area (Å²) in [7, 11) is 0. The maximum atomic E-state index is 12.3. The largest absolute Gasteiger partial charge is 0.466 e. The zero-order chi connectivity index (χ0) is 15.6. The monoisotopic (exact) mass is 302 g/mol. The van der Waals surface area contributed by atoms with Gasteiger partial charge in [-0.1, -0.05) is 30.3 Å². The molecule has 1 unspecified atom stereocenters. The van der Waals surface area contributed by atoms with Gasteiger partial charge in [-0.2, -0.15) is 0 Å². The second kappa shape index (κ2) is 6.08. The molecule has 5 nitrogen and oxygen atoms in total. The molecule has 1 amide bonds. The quantitative estimate of drug-likeness (QED) is 0.604. The molecule has 1 atom stereocenters. The van der Waals surface area contributed by atoms with Crippen molar-refractivity contribution in [1.29, 1.82) is 0 Å². The minimum atomic E-state index is -0.132. The highest BCUT2D eigenvalue weighted by molar-refractivity contribution is 5.75. The van der Waals surface area contributed by atoms with Gasteiger partial charge in [0.05, 0.1) is 12.5 Å². The number of hydrogen-bond acceptors (Lipinski definition) is 4. The molecule has 1 aromatic rings. The lowest BCUT2D eigenvalue weighted by Crippen LogP contribution is -2.61. The van der Waals surface area contributed by atoms with Crippen molar-refractivity contribution in [2.24, 2.45) is 11.3 Å². The summed E-state index contributed by atoms with van der Waals surface area (Å²) in [5.74, 6) is -0.254. The van der Waals surface area contributed by atoms with Crippen LogP contribution in [0.4, 0.5) is 0 Å². The van der Waals surface area contributed by atoms with Crippen LogP contribution in [0.5, 0.6) is 0 Å². The molecule has 22 heavy (non-hydrogen) atoms. The lowest BCUT2D eigenvalue weighted by molar-refractivity contribution is -0.158. The van der Waals surface area contributed by atoms with Crippen LogP contribution in [0.3, 0.4) is 0 Å². The lowest BCUT2D eigenvalue weighted by Gasteiger charge is -2.48. The van der Waals surface area contributed by atoms with Crippen molar-refractivity contribution in [1.82, 2.24) is 9.80 Å². The summed E-state index contributed by atoms with van der Waals surface area (Å²) in [6.07, 6.45) is 0.868. The van der Waals surface area contributed by atoms with Crippen LogP contribution in [0.1, 0.15) is 12.5 Å². The first-order chi connectivity index (χ1) is 10.7. The molecule has 0 saturated carbocycles. The molecule has 1 spiro atoms. The summed E-state index contributed by atoms with van der Waals surface area (Å²) < 4.78 is 5.25. The molecule has 0 aliphatic carbocycles. The van der Waals surface area contributed by atoms with Gasteiger partial charge in [-0.05, 0) is 12.5 Å². The minimum absolute atomic E-state index is 0.122. The molecule has 0 N–H and O–H groups in total. The Bertz CT molecular complexity index is 540. The van der Waals surface area contributed by atoms with Gasteiger partial charge in [-0.25, -0.2) is 0 Å². The Hall–Kier alpha value is -1.88. The SMILES string of the molecule is CCOC(=O)C1CN(Cc2ccccc2)CC12CN(C=O)C2. The van der Waals surface area contributed by atoms with Crippen LogP contribution in [0.2, 0.25) is 0 Å². The summed E-state index contributed by atoms with van der Waals surface area (Å²) in [6.45, 7) is 5.94. The first kappa shape index (κ1) is 15.0. The highest BCUT2D eigenvalue weighted by atomic mass is 16.5. The van der Waals surface area contributed by atoms with Crippen LogP contribution in [0.25, 0.3) is 0 Å². The highest BCUT2D eigenvalue weighted by Gasteiger charge is 2.57. The molecular weight excluding hydrogens is 280 g/mol. The van der Waals surface area contributed by atoms with Crippen molar-refractivity contribution in [3.05, 3.63) is 35.9 Å². The van der Waals surface area contributed by atoms with E-state index in [0.717, 1.165) is 19.5 Å². The van der Waals surface area contributed by atoms with Gasteiger partial charge in [0.1, 0.15) is 0 Å². The van der Waals surface area contributed by atoms with E-state index in [9.17, 15) is 9.59 Å². The van der Waals surface area contributed by atoms with Gasteiger partial charge in [0.2, 0.25) is 6.41 Å². The van der Waals surface area contributed by atoms with E-state index in [1.807, 2.05) is 25.1 Å². The number of carbonyl (C=O) groups is 2. The van der Waals surface area contributed by atoms with E-state index in [4.69, 9.17) is 4.74 Å². The minimum Gasteiger partial charge on any atom is -0.466 e. The molecule has 0 aromatic heterocycles. The Morgan fingerprint density at radius 1 is 1.32 bits per heavy atom. The van der Waals surface area contributed by atoms with E-state index in [0.29, 0.717) is 26.2 Å². The molecule has 1 aromatic carbocycles. The fourth-order valence-corrected chi connectivity index (χ4v) is 3.76. The van der Waals surface area contributed by atoms with Crippen LogP contribution < -0.4 is 0 Å². The first-order valence-electron chi connectivity index (χ1n) is 7.79. The van der Waals surface area contributed by atoms with E-state index in [1.165, 1.54) is 5.56 Å². The molecule has 3 rings (SSSR count). The smallest absolute Gasteiger partial charge is 0.310 e. The summed E-state index contributed by atoms with van der Waals surface area (Å²) in [5, 5.41) is 0. The maximum absolute atomic E-state index is 12.3. The summed E-state index contributed by atoms with van der Waals surface area (Å²) in [5.41, 5.74) is 1.12. The fraction of sp³-hybridized carbons (Fsp3) is 0.529. The van der Waals surface area contributed by atoms with Crippen molar-refractivity contribution in [2.45, 2.75) is 13.5 Å². The number of ether oxygens (including phenoxy) is 1. The van der Waals surface area contributed by atoms with Crippen molar-refractivity contribution in [2.75, 3.05) is 32.8 Å². The van der Waals surface area contributed by atoms with Crippen LogP contribution in [0, 0.1) is 11.3 Å². The van der Waals surface area contributed by atoms with Crippen LogP contribution in [-0.2, 0) is 20.9 Å². The number of likely N-dealkylation sites (tertiary alicyclic amines) is 2. The van der Waals surface area contributed by atoms with Gasteiger partial charge in [0.25, 0.3) is 0 Å². The van der Waals surface area contributed by atoms with Crippen LogP contribution >= 0.6 is 0 Å².